The standard InChI is InChI=1S/C12H6Cl3NO4/c13-8-3-6(16(18)19)1-2-11(8)20-7-4-9(14)12(17)10(15)5-7/h1-5,17H. The van der Waals surface area contributed by atoms with Crippen molar-refractivity contribution in [3.05, 3.63) is 55.5 Å². The van der Waals surface area contributed by atoms with Crippen LogP contribution in [0, 0.1) is 10.1 Å². The van der Waals surface area contributed by atoms with E-state index in [4.69, 9.17) is 39.5 Å². The summed E-state index contributed by atoms with van der Waals surface area (Å²) in [7, 11) is 0. The van der Waals surface area contributed by atoms with Gasteiger partial charge in [-0.1, -0.05) is 34.8 Å². The summed E-state index contributed by atoms with van der Waals surface area (Å²) in [5.74, 6) is 0.194. The minimum Gasteiger partial charge on any atom is -0.505 e. The molecule has 1 N–H and O–H groups in total. The zero-order valence-electron chi connectivity index (χ0n) is 9.64. The average Bonchev–Trinajstić information content (AvgIpc) is 2.38. The summed E-state index contributed by atoms with van der Waals surface area (Å²) in [4.78, 5) is 10.0. The Morgan fingerprint density at radius 3 is 2.15 bits per heavy atom. The van der Waals surface area contributed by atoms with E-state index in [1.807, 2.05) is 0 Å². The van der Waals surface area contributed by atoms with Gasteiger partial charge in [-0.15, -0.1) is 0 Å². The van der Waals surface area contributed by atoms with E-state index in [2.05, 4.69) is 0 Å². The third-order valence-corrected chi connectivity index (χ3v) is 3.22. The van der Waals surface area contributed by atoms with Crippen molar-refractivity contribution >= 4 is 40.5 Å². The molecule has 0 bridgehead atoms. The SMILES string of the molecule is O=[N+]([O-])c1ccc(Oc2cc(Cl)c(O)c(Cl)c2)c(Cl)c1. The number of hydrogen-bond acceptors (Lipinski definition) is 4. The van der Waals surface area contributed by atoms with Crippen molar-refractivity contribution in [1.29, 1.82) is 0 Å². The summed E-state index contributed by atoms with van der Waals surface area (Å²) < 4.78 is 5.43. The fourth-order valence-electron chi connectivity index (χ4n) is 1.41. The maximum atomic E-state index is 10.6. The number of nitro groups is 1. The molecule has 20 heavy (non-hydrogen) atoms. The highest BCUT2D eigenvalue weighted by Gasteiger charge is 2.13. The number of phenols is 1. The number of non-ortho nitro benzene ring substituents is 1. The molecule has 0 fully saturated rings. The van der Waals surface area contributed by atoms with E-state index in [1.54, 1.807) is 0 Å². The van der Waals surface area contributed by atoms with Crippen molar-refractivity contribution in [3.63, 3.8) is 0 Å². The number of rotatable bonds is 3. The van der Waals surface area contributed by atoms with Gasteiger partial charge in [0.15, 0.2) is 5.75 Å². The maximum absolute atomic E-state index is 10.6. The van der Waals surface area contributed by atoms with Crippen LogP contribution >= 0.6 is 34.8 Å². The number of aromatic hydroxyl groups is 1. The van der Waals surface area contributed by atoms with Crippen LogP contribution in [-0.2, 0) is 0 Å². The second-order valence-electron chi connectivity index (χ2n) is 3.71. The largest absolute Gasteiger partial charge is 0.505 e. The predicted octanol–water partition coefficient (Wildman–Crippen LogP) is 5.05. The molecular weight excluding hydrogens is 328 g/mol. The molecule has 0 radical (unpaired) electrons. The van der Waals surface area contributed by atoms with Crippen molar-refractivity contribution in [2.45, 2.75) is 0 Å². The highest BCUT2D eigenvalue weighted by atomic mass is 35.5. The van der Waals surface area contributed by atoms with Crippen LogP contribution in [-0.4, -0.2) is 10.0 Å². The number of phenolic OH excluding ortho intramolecular Hbond substituents is 1. The van der Waals surface area contributed by atoms with Gasteiger partial charge in [-0.05, 0) is 6.07 Å². The lowest BCUT2D eigenvalue weighted by Crippen LogP contribution is -1.90. The summed E-state index contributed by atoms with van der Waals surface area (Å²) in [5.41, 5.74) is -0.149. The fraction of sp³-hybridized carbons (Fsp3) is 0. The number of benzene rings is 2. The van der Waals surface area contributed by atoms with Crippen LogP contribution in [0.1, 0.15) is 0 Å². The Kier molecular flexibility index (Phi) is 4.23. The Morgan fingerprint density at radius 1 is 1.05 bits per heavy atom. The Morgan fingerprint density at radius 2 is 1.65 bits per heavy atom. The van der Waals surface area contributed by atoms with Gasteiger partial charge in [0.2, 0.25) is 0 Å². The van der Waals surface area contributed by atoms with Crippen LogP contribution in [0.2, 0.25) is 15.1 Å². The summed E-state index contributed by atoms with van der Waals surface area (Å²) in [5, 5.41) is 20.1. The zero-order chi connectivity index (χ0) is 14.9. The van der Waals surface area contributed by atoms with Crippen molar-refractivity contribution in [1.82, 2.24) is 0 Å². The molecular formula is C12H6Cl3NO4. The van der Waals surface area contributed by atoms with Gasteiger partial charge in [0.25, 0.3) is 5.69 Å². The number of hydrogen-bond donors (Lipinski definition) is 1. The molecule has 0 amide bonds. The lowest BCUT2D eigenvalue weighted by molar-refractivity contribution is -0.384. The monoisotopic (exact) mass is 333 g/mol. The first-order valence-electron chi connectivity index (χ1n) is 5.18. The van der Waals surface area contributed by atoms with Crippen molar-refractivity contribution < 1.29 is 14.8 Å². The normalized spacial score (nSPS) is 10.3. The molecule has 2 rings (SSSR count). The van der Waals surface area contributed by atoms with E-state index in [0.717, 1.165) is 0 Å². The molecule has 104 valence electrons. The molecule has 0 aliphatic carbocycles. The topological polar surface area (TPSA) is 72.6 Å². The first kappa shape index (κ1) is 14.7. The molecule has 2 aromatic carbocycles. The molecule has 0 saturated carbocycles. The third-order valence-electron chi connectivity index (χ3n) is 2.34. The van der Waals surface area contributed by atoms with Gasteiger partial charge in [-0.2, -0.15) is 0 Å². The second kappa shape index (κ2) is 5.75. The number of ether oxygens (including phenoxy) is 1. The summed E-state index contributed by atoms with van der Waals surface area (Å²) in [6, 6.07) is 6.47. The molecule has 8 heteroatoms. The van der Waals surface area contributed by atoms with Crippen LogP contribution in [0.25, 0.3) is 0 Å². The molecule has 0 aliphatic rings. The quantitative estimate of drug-likeness (QED) is 0.629. The summed E-state index contributed by atoms with van der Waals surface area (Å²) in [6.07, 6.45) is 0. The Labute approximate surface area is 128 Å². The molecule has 0 aliphatic heterocycles. The van der Waals surface area contributed by atoms with Gasteiger partial charge in [0.05, 0.1) is 20.0 Å². The first-order valence-corrected chi connectivity index (χ1v) is 6.31. The van der Waals surface area contributed by atoms with E-state index in [1.165, 1.54) is 30.3 Å². The van der Waals surface area contributed by atoms with E-state index in [0.29, 0.717) is 0 Å². The van der Waals surface area contributed by atoms with Crippen LogP contribution < -0.4 is 4.74 Å². The van der Waals surface area contributed by atoms with E-state index < -0.39 is 4.92 Å². The summed E-state index contributed by atoms with van der Waals surface area (Å²) >= 11 is 17.4. The lowest BCUT2D eigenvalue weighted by atomic mass is 10.3. The third kappa shape index (κ3) is 3.07. The minimum atomic E-state index is -0.566. The molecule has 0 heterocycles. The molecule has 0 aromatic heterocycles. The minimum absolute atomic E-state index is 0.0190. The second-order valence-corrected chi connectivity index (χ2v) is 4.93. The highest BCUT2D eigenvalue weighted by Crippen LogP contribution is 2.39. The Balaban J connectivity index is 2.33. The van der Waals surface area contributed by atoms with Gasteiger partial charge in [0.1, 0.15) is 11.5 Å². The van der Waals surface area contributed by atoms with Gasteiger partial charge >= 0.3 is 0 Å². The van der Waals surface area contributed by atoms with E-state index in [9.17, 15) is 15.2 Å². The lowest BCUT2D eigenvalue weighted by Gasteiger charge is -2.09. The smallest absolute Gasteiger partial charge is 0.271 e. The van der Waals surface area contributed by atoms with Crippen LogP contribution in [0.4, 0.5) is 5.69 Å². The average molecular weight is 335 g/mol. The maximum Gasteiger partial charge on any atom is 0.271 e. The van der Waals surface area contributed by atoms with Crippen LogP contribution in [0.5, 0.6) is 17.2 Å². The van der Waals surface area contributed by atoms with Crippen LogP contribution in [0.3, 0.4) is 0 Å². The molecule has 5 nitrogen and oxygen atoms in total. The summed E-state index contributed by atoms with van der Waals surface area (Å²) in [6.45, 7) is 0. The fourth-order valence-corrected chi connectivity index (χ4v) is 2.09. The first-order chi connectivity index (χ1) is 9.38. The predicted molar refractivity (Wildman–Crippen MR) is 76.3 cm³/mol. The van der Waals surface area contributed by atoms with Crippen molar-refractivity contribution in [2.75, 3.05) is 0 Å². The number of halogens is 3. The molecule has 0 spiro atoms. The van der Waals surface area contributed by atoms with Gasteiger partial charge in [-0.25, -0.2) is 0 Å². The zero-order valence-corrected chi connectivity index (χ0v) is 11.9. The van der Waals surface area contributed by atoms with E-state index in [-0.39, 0.29) is 38.0 Å². The number of nitrogens with zero attached hydrogens (tertiary/aromatic N) is 1. The van der Waals surface area contributed by atoms with Gasteiger partial charge < -0.3 is 9.84 Å². The molecule has 0 atom stereocenters. The van der Waals surface area contributed by atoms with Crippen LogP contribution in [0.15, 0.2) is 30.3 Å². The number of nitro benzene ring substituents is 1. The van der Waals surface area contributed by atoms with Crippen molar-refractivity contribution in [3.8, 4) is 17.2 Å². The Hall–Kier alpha value is -1.69. The molecule has 0 unspecified atom stereocenters. The molecule has 0 saturated heterocycles. The molecule has 2 aromatic rings. The van der Waals surface area contributed by atoms with Gasteiger partial charge in [-0.3, -0.25) is 10.1 Å². The van der Waals surface area contributed by atoms with Crippen molar-refractivity contribution in [2.24, 2.45) is 0 Å². The Bertz CT molecular complexity index is 667. The van der Waals surface area contributed by atoms with Gasteiger partial charge in [0, 0.05) is 24.3 Å². The highest BCUT2D eigenvalue weighted by molar-refractivity contribution is 6.37. The van der Waals surface area contributed by atoms with E-state index >= 15 is 0 Å².